The monoisotopic (exact) mass is 792 g/mol. The van der Waals surface area contributed by atoms with Crippen LogP contribution in [0.1, 0.15) is 51.3 Å². The summed E-state index contributed by atoms with van der Waals surface area (Å²) in [6.07, 6.45) is 9.14. The fourth-order valence-electron chi connectivity index (χ4n) is 2.48. The zero-order valence-electron chi connectivity index (χ0n) is 28.0. The van der Waals surface area contributed by atoms with Gasteiger partial charge in [0.1, 0.15) is 5.60 Å². The predicted octanol–water partition coefficient (Wildman–Crippen LogP) is 7.59. The van der Waals surface area contributed by atoms with Gasteiger partial charge in [-0.25, -0.2) is 4.79 Å². The normalized spacial score (nSPS) is 8.82. The molecule has 49 heavy (non-hydrogen) atoms. The van der Waals surface area contributed by atoms with Crippen molar-refractivity contribution < 1.29 is 14.3 Å². The first-order chi connectivity index (χ1) is 22.9. The van der Waals surface area contributed by atoms with Gasteiger partial charge >= 0.3 is 6.09 Å². The van der Waals surface area contributed by atoms with Crippen molar-refractivity contribution in [2.24, 2.45) is 11.5 Å². The molecule has 0 spiro atoms. The molecule has 3 rings (SSSR count). The third-order valence-electron chi connectivity index (χ3n) is 4.31. The molecule has 0 aliphatic carbocycles. The maximum Gasteiger partial charge on any atom is 0.408 e. The quantitative estimate of drug-likeness (QED) is 0.182. The molecule has 15 heteroatoms. The molecule has 268 valence electrons. The van der Waals surface area contributed by atoms with Crippen molar-refractivity contribution in [1.29, 1.82) is 0 Å². The Kier molecular flexibility index (Phi) is 34.5. The molecule has 1 amide bonds. The Hall–Kier alpha value is -2.98. The standard InChI is InChI=1S/C13H15ClN2O2.2C8H7ClN2.C4H10O.CH2Cl2.ClH/c1-13(2,3)18-12(17)16-7-4-5-10-9-15-8-6-11(10)14;2*9-8-3-5-11-6-7(8)2-1-4-10;1-3-5-4-2;2-1-3;/h6,8-9H,7H2,1-3H3,(H,16,17);2*3,5-6H,4,10H2;3-4H2,1-2H3;1H2;1H. The Morgan fingerprint density at radius 2 is 1.10 bits per heavy atom. The van der Waals surface area contributed by atoms with E-state index in [0.717, 1.165) is 24.3 Å². The fraction of sp³-hybridized carbons (Fsp3) is 0.353. The summed E-state index contributed by atoms with van der Waals surface area (Å²) in [5, 5.41) is 4.49. The molecule has 3 aromatic heterocycles. The molecule has 5 N–H and O–H groups in total. The summed E-state index contributed by atoms with van der Waals surface area (Å²) in [6.45, 7) is 11.9. The van der Waals surface area contributed by atoms with Crippen LogP contribution in [0.2, 0.25) is 15.1 Å². The molecule has 0 aliphatic rings. The molecule has 0 fully saturated rings. The Bertz CT molecular complexity index is 1440. The van der Waals surface area contributed by atoms with E-state index >= 15 is 0 Å². The molecule has 0 unspecified atom stereocenters. The Morgan fingerprint density at radius 1 is 0.755 bits per heavy atom. The lowest BCUT2D eigenvalue weighted by Crippen LogP contribution is -2.32. The number of alkyl halides is 2. The highest BCUT2D eigenvalue weighted by atomic mass is 35.5. The number of carbonyl (C=O) groups excluding carboxylic acids is 1. The van der Waals surface area contributed by atoms with Gasteiger partial charge in [0.2, 0.25) is 0 Å². The molecule has 3 heterocycles. The van der Waals surface area contributed by atoms with Gasteiger partial charge < -0.3 is 26.3 Å². The molecule has 0 radical (unpaired) electrons. The molecule has 3 aromatic rings. The maximum atomic E-state index is 11.3. The van der Waals surface area contributed by atoms with E-state index in [9.17, 15) is 4.79 Å². The minimum Gasteiger partial charge on any atom is -0.444 e. The lowest BCUT2D eigenvalue weighted by atomic mass is 10.2. The number of alkyl carbamates (subject to hydrolysis) is 1. The summed E-state index contributed by atoms with van der Waals surface area (Å²) < 4.78 is 9.89. The lowest BCUT2D eigenvalue weighted by molar-refractivity contribution is 0.0535. The molecule has 0 aliphatic heterocycles. The second-order valence-electron chi connectivity index (χ2n) is 9.12. The fourth-order valence-corrected chi connectivity index (χ4v) is 2.93. The zero-order chi connectivity index (χ0) is 36.6. The number of rotatable bonds is 3. The zero-order valence-corrected chi connectivity index (χ0v) is 32.6. The van der Waals surface area contributed by atoms with Crippen LogP contribution in [0.25, 0.3) is 0 Å². The number of nitrogens with two attached hydrogens (primary N) is 2. The van der Waals surface area contributed by atoms with Crippen molar-refractivity contribution in [3.63, 3.8) is 0 Å². The van der Waals surface area contributed by atoms with Gasteiger partial charge in [0.05, 0.1) is 56.7 Å². The van der Waals surface area contributed by atoms with Crippen LogP contribution in [-0.4, -0.2) is 64.8 Å². The minimum absolute atomic E-state index is 0. The smallest absolute Gasteiger partial charge is 0.408 e. The van der Waals surface area contributed by atoms with Gasteiger partial charge in [-0.1, -0.05) is 70.3 Å². The van der Waals surface area contributed by atoms with Gasteiger partial charge in [0.25, 0.3) is 0 Å². The number of hydrogen-bond donors (Lipinski definition) is 3. The van der Waals surface area contributed by atoms with Gasteiger partial charge in [-0.3, -0.25) is 15.0 Å². The molecule has 0 atom stereocenters. The molecule has 0 saturated carbocycles. The van der Waals surface area contributed by atoms with E-state index in [1.54, 1.807) is 76.2 Å². The van der Waals surface area contributed by atoms with Crippen LogP contribution >= 0.6 is 70.4 Å². The summed E-state index contributed by atoms with van der Waals surface area (Å²) in [6, 6.07) is 5.05. The number of carbonyl (C=O) groups is 1. The first-order valence-electron chi connectivity index (χ1n) is 14.2. The number of halogens is 6. The number of pyridine rings is 3. The molecular formula is C34H42Cl6N6O3. The largest absolute Gasteiger partial charge is 0.444 e. The highest BCUT2D eigenvalue weighted by molar-refractivity contribution is 6.40. The summed E-state index contributed by atoms with van der Waals surface area (Å²) in [5.74, 6) is 16.6. The average molecular weight is 795 g/mol. The van der Waals surface area contributed by atoms with Crippen LogP contribution < -0.4 is 16.8 Å². The molecular weight excluding hydrogens is 753 g/mol. The third-order valence-corrected chi connectivity index (χ3v) is 5.29. The SMILES string of the molecule is CC(C)(C)OC(=O)NCC#Cc1cnccc1Cl.CCOCC.Cl.ClCCl.NCC#Cc1cnccc1Cl.NCC#Cc1cnccc1Cl. The van der Waals surface area contributed by atoms with Crippen LogP contribution in [0.3, 0.4) is 0 Å². The Morgan fingerprint density at radius 3 is 1.37 bits per heavy atom. The molecule has 0 aromatic carbocycles. The Balaban J connectivity index is -0.000000595. The van der Waals surface area contributed by atoms with E-state index in [2.05, 4.69) is 55.8 Å². The van der Waals surface area contributed by atoms with E-state index in [-0.39, 0.29) is 24.3 Å². The van der Waals surface area contributed by atoms with Crippen LogP contribution in [-0.2, 0) is 9.47 Å². The van der Waals surface area contributed by atoms with Crippen LogP contribution in [0, 0.1) is 35.5 Å². The van der Waals surface area contributed by atoms with Crippen molar-refractivity contribution in [3.8, 4) is 35.5 Å². The molecule has 0 saturated heterocycles. The van der Waals surface area contributed by atoms with Gasteiger partial charge in [-0.2, -0.15) is 0 Å². The van der Waals surface area contributed by atoms with Crippen LogP contribution in [0.5, 0.6) is 0 Å². The lowest BCUT2D eigenvalue weighted by Gasteiger charge is -2.18. The van der Waals surface area contributed by atoms with E-state index in [1.165, 1.54) is 0 Å². The average Bonchev–Trinajstić information content (AvgIpc) is 3.04. The van der Waals surface area contributed by atoms with Gasteiger partial charge in [0, 0.05) is 50.4 Å². The first kappa shape index (κ1) is 50.4. The number of amides is 1. The topological polar surface area (TPSA) is 138 Å². The van der Waals surface area contributed by atoms with Crippen molar-refractivity contribution in [2.75, 3.05) is 38.2 Å². The second kappa shape index (κ2) is 33.5. The highest BCUT2D eigenvalue weighted by Gasteiger charge is 2.15. The maximum absolute atomic E-state index is 11.3. The summed E-state index contributed by atoms with van der Waals surface area (Å²) >= 11 is 27.0. The number of nitrogens with zero attached hydrogens (tertiary/aromatic N) is 3. The van der Waals surface area contributed by atoms with Gasteiger partial charge in [-0.05, 0) is 52.8 Å². The van der Waals surface area contributed by atoms with E-state index in [0.29, 0.717) is 33.7 Å². The van der Waals surface area contributed by atoms with Crippen molar-refractivity contribution >= 4 is 76.5 Å². The number of nitrogens with one attached hydrogen (secondary N) is 1. The van der Waals surface area contributed by atoms with E-state index < -0.39 is 11.7 Å². The summed E-state index contributed by atoms with van der Waals surface area (Å²) in [7, 11) is 0. The third kappa shape index (κ3) is 30.8. The highest BCUT2D eigenvalue weighted by Crippen LogP contribution is 2.12. The van der Waals surface area contributed by atoms with Crippen LogP contribution in [0.15, 0.2) is 55.4 Å². The number of aromatic nitrogens is 3. The van der Waals surface area contributed by atoms with E-state index in [4.69, 9.17) is 78.9 Å². The molecule has 9 nitrogen and oxygen atoms in total. The number of ether oxygens (including phenoxy) is 2. The predicted molar refractivity (Wildman–Crippen MR) is 207 cm³/mol. The number of hydrogen-bond acceptors (Lipinski definition) is 8. The molecule has 0 bridgehead atoms. The summed E-state index contributed by atoms with van der Waals surface area (Å²) in [4.78, 5) is 22.9. The minimum atomic E-state index is -0.510. The summed E-state index contributed by atoms with van der Waals surface area (Å²) in [5.41, 5.74) is 11.9. The van der Waals surface area contributed by atoms with Gasteiger partial charge in [0.15, 0.2) is 0 Å². The van der Waals surface area contributed by atoms with Crippen LogP contribution in [0.4, 0.5) is 4.79 Å². The van der Waals surface area contributed by atoms with Crippen molar-refractivity contribution in [1.82, 2.24) is 20.3 Å². The van der Waals surface area contributed by atoms with Gasteiger partial charge in [-0.15, -0.1) is 35.6 Å². The van der Waals surface area contributed by atoms with Crippen molar-refractivity contribution in [2.45, 2.75) is 40.2 Å². The second-order valence-corrected chi connectivity index (χ2v) is 11.1. The first-order valence-corrected chi connectivity index (χ1v) is 16.4. The van der Waals surface area contributed by atoms with E-state index in [1.807, 2.05) is 13.8 Å². The van der Waals surface area contributed by atoms with Crippen molar-refractivity contribution in [3.05, 3.63) is 87.1 Å². The Labute approximate surface area is 321 Å².